The van der Waals surface area contributed by atoms with Crippen LogP contribution in [0.4, 0.5) is 0 Å². The third kappa shape index (κ3) is 5.00. The maximum absolute atomic E-state index is 12.2. The summed E-state index contributed by atoms with van der Waals surface area (Å²) < 4.78 is 0. The van der Waals surface area contributed by atoms with Gasteiger partial charge in [-0.2, -0.15) is 0 Å². The first-order valence-electron chi connectivity index (χ1n) is 8.24. The first-order chi connectivity index (χ1) is 10.5. The van der Waals surface area contributed by atoms with E-state index in [2.05, 4.69) is 0 Å². The van der Waals surface area contributed by atoms with Gasteiger partial charge in [0.05, 0.1) is 0 Å². The van der Waals surface area contributed by atoms with Crippen molar-refractivity contribution in [2.75, 3.05) is 19.6 Å². The molecule has 0 radical (unpaired) electrons. The molecule has 0 aromatic carbocycles. The van der Waals surface area contributed by atoms with Gasteiger partial charge >= 0.3 is 5.97 Å². The van der Waals surface area contributed by atoms with Crippen LogP contribution in [0.25, 0.3) is 0 Å². The van der Waals surface area contributed by atoms with Crippen LogP contribution in [0.15, 0.2) is 0 Å². The van der Waals surface area contributed by atoms with E-state index in [1.807, 2.05) is 4.90 Å². The summed E-state index contributed by atoms with van der Waals surface area (Å²) in [4.78, 5) is 38.1. The summed E-state index contributed by atoms with van der Waals surface area (Å²) in [5, 5.41) is 8.94. The van der Waals surface area contributed by atoms with Gasteiger partial charge in [0.25, 0.3) is 0 Å². The molecule has 1 unspecified atom stereocenters. The van der Waals surface area contributed by atoms with Crippen LogP contribution in [0.1, 0.15) is 51.9 Å². The van der Waals surface area contributed by atoms with Crippen LogP contribution in [0.3, 0.4) is 0 Å². The van der Waals surface area contributed by atoms with E-state index in [1.165, 1.54) is 24.7 Å². The molecule has 1 aliphatic carbocycles. The Kier molecular flexibility index (Phi) is 5.80. The number of aliphatic carboxylic acids is 1. The fourth-order valence-electron chi connectivity index (χ4n) is 3.18. The summed E-state index contributed by atoms with van der Waals surface area (Å²) in [5.74, 6) is -0.231. The Morgan fingerprint density at radius 3 is 2.45 bits per heavy atom. The summed E-state index contributed by atoms with van der Waals surface area (Å²) in [5.41, 5.74) is 0. The normalized spacial score (nSPS) is 22.0. The second-order valence-corrected chi connectivity index (χ2v) is 6.49. The van der Waals surface area contributed by atoms with E-state index in [0.717, 1.165) is 31.7 Å². The predicted octanol–water partition coefficient (Wildman–Crippen LogP) is 1.49. The Bertz CT molecular complexity index is 434. The third-order valence-electron chi connectivity index (χ3n) is 4.66. The smallest absolute Gasteiger partial charge is 0.323 e. The Labute approximate surface area is 131 Å². The van der Waals surface area contributed by atoms with E-state index in [-0.39, 0.29) is 24.4 Å². The van der Waals surface area contributed by atoms with Crippen molar-refractivity contribution in [1.29, 1.82) is 0 Å². The summed E-state index contributed by atoms with van der Waals surface area (Å²) in [7, 11) is 0. The van der Waals surface area contributed by atoms with Crippen LogP contribution in [-0.2, 0) is 14.4 Å². The lowest BCUT2D eigenvalue weighted by molar-refractivity contribution is -0.145. The van der Waals surface area contributed by atoms with Gasteiger partial charge in [0.1, 0.15) is 6.54 Å². The molecule has 124 valence electrons. The van der Waals surface area contributed by atoms with Gasteiger partial charge in [-0.15, -0.1) is 0 Å². The molecule has 6 nitrogen and oxygen atoms in total. The highest BCUT2D eigenvalue weighted by Crippen LogP contribution is 2.33. The number of carbonyl (C=O) groups is 3. The van der Waals surface area contributed by atoms with Gasteiger partial charge in [-0.05, 0) is 31.6 Å². The van der Waals surface area contributed by atoms with E-state index in [1.54, 1.807) is 0 Å². The second-order valence-electron chi connectivity index (χ2n) is 6.49. The molecule has 2 aliphatic rings. The number of rotatable bonds is 6. The van der Waals surface area contributed by atoms with Crippen molar-refractivity contribution in [3.8, 4) is 0 Å². The standard InChI is InChI=1S/C16H26N2O4/c1-12(19)18(11-16(21)22)14-3-2-9-17(10-8-14)15(20)7-6-13-4-5-13/h13-14H,2-11H2,1H3,(H,21,22). The van der Waals surface area contributed by atoms with Gasteiger partial charge in [0.15, 0.2) is 0 Å². The monoisotopic (exact) mass is 310 g/mol. The summed E-state index contributed by atoms with van der Waals surface area (Å²) in [6, 6.07) is -0.0742. The van der Waals surface area contributed by atoms with Crippen LogP contribution in [0, 0.1) is 5.92 Å². The van der Waals surface area contributed by atoms with Crippen LogP contribution in [0.5, 0.6) is 0 Å². The number of hydrogen-bond acceptors (Lipinski definition) is 3. The molecule has 6 heteroatoms. The molecule has 2 rings (SSSR count). The van der Waals surface area contributed by atoms with E-state index in [4.69, 9.17) is 5.11 Å². The van der Waals surface area contributed by atoms with Crippen molar-refractivity contribution >= 4 is 17.8 Å². The van der Waals surface area contributed by atoms with E-state index >= 15 is 0 Å². The molecular formula is C16H26N2O4. The number of carboxylic acid groups (broad SMARTS) is 1. The molecule has 1 saturated heterocycles. The van der Waals surface area contributed by atoms with Gasteiger partial charge < -0.3 is 14.9 Å². The van der Waals surface area contributed by atoms with Gasteiger partial charge in [0.2, 0.25) is 11.8 Å². The van der Waals surface area contributed by atoms with E-state index < -0.39 is 5.97 Å². The highest BCUT2D eigenvalue weighted by molar-refractivity contribution is 5.80. The van der Waals surface area contributed by atoms with Crippen molar-refractivity contribution in [3.63, 3.8) is 0 Å². The minimum absolute atomic E-state index is 0.0742. The second kappa shape index (κ2) is 7.61. The topological polar surface area (TPSA) is 77.9 Å². The Morgan fingerprint density at radius 1 is 1.14 bits per heavy atom. The molecule has 0 aromatic rings. The average Bonchev–Trinajstić information content (AvgIpc) is 3.28. The number of likely N-dealkylation sites (tertiary alicyclic amines) is 1. The van der Waals surface area contributed by atoms with Crippen LogP contribution >= 0.6 is 0 Å². The van der Waals surface area contributed by atoms with Gasteiger partial charge in [-0.25, -0.2) is 0 Å². The first kappa shape index (κ1) is 16.8. The lowest BCUT2D eigenvalue weighted by Gasteiger charge is -2.28. The largest absolute Gasteiger partial charge is 0.480 e. The fraction of sp³-hybridized carbons (Fsp3) is 0.812. The number of hydrogen-bond donors (Lipinski definition) is 1. The number of carbonyl (C=O) groups excluding carboxylic acids is 2. The highest BCUT2D eigenvalue weighted by Gasteiger charge is 2.28. The third-order valence-corrected chi connectivity index (χ3v) is 4.66. The maximum atomic E-state index is 12.2. The number of amides is 2. The average molecular weight is 310 g/mol. The molecule has 1 heterocycles. The number of nitrogens with zero attached hydrogens (tertiary/aromatic N) is 2. The maximum Gasteiger partial charge on any atom is 0.323 e. The lowest BCUT2D eigenvalue weighted by atomic mass is 10.1. The summed E-state index contributed by atoms with van der Waals surface area (Å²) in [6.45, 7) is 2.50. The van der Waals surface area contributed by atoms with E-state index in [9.17, 15) is 14.4 Å². The quantitative estimate of drug-likeness (QED) is 0.806. The van der Waals surface area contributed by atoms with Gasteiger partial charge in [-0.3, -0.25) is 14.4 Å². The zero-order chi connectivity index (χ0) is 16.1. The molecule has 0 spiro atoms. The molecule has 2 amide bonds. The zero-order valence-corrected chi connectivity index (χ0v) is 13.3. The SMILES string of the molecule is CC(=O)N(CC(=O)O)C1CCCN(C(=O)CCC2CC2)CC1. The van der Waals surface area contributed by atoms with Gasteiger partial charge in [-0.1, -0.05) is 12.8 Å². The lowest BCUT2D eigenvalue weighted by Crippen LogP contribution is -2.43. The number of carboxylic acids is 1. The summed E-state index contributed by atoms with van der Waals surface area (Å²) in [6.07, 6.45) is 6.40. The first-order valence-corrected chi connectivity index (χ1v) is 8.24. The van der Waals surface area contributed by atoms with Crippen molar-refractivity contribution in [2.24, 2.45) is 5.92 Å². The fourth-order valence-corrected chi connectivity index (χ4v) is 3.18. The van der Waals surface area contributed by atoms with Crippen LogP contribution < -0.4 is 0 Å². The van der Waals surface area contributed by atoms with Crippen molar-refractivity contribution in [1.82, 2.24) is 9.80 Å². The molecule has 1 saturated carbocycles. The molecular weight excluding hydrogens is 284 g/mol. The molecule has 22 heavy (non-hydrogen) atoms. The zero-order valence-electron chi connectivity index (χ0n) is 13.3. The minimum Gasteiger partial charge on any atom is -0.480 e. The Morgan fingerprint density at radius 2 is 1.86 bits per heavy atom. The Hall–Kier alpha value is -1.59. The highest BCUT2D eigenvalue weighted by atomic mass is 16.4. The Balaban J connectivity index is 1.85. The molecule has 2 fully saturated rings. The molecule has 1 atom stereocenters. The van der Waals surface area contributed by atoms with Crippen LogP contribution in [0.2, 0.25) is 0 Å². The van der Waals surface area contributed by atoms with E-state index in [0.29, 0.717) is 19.4 Å². The summed E-state index contributed by atoms with van der Waals surface area (Å²) >= 11 is 0. The van der Waals surface area contributed by atoms with Crippen molar-refractivity contribution < 1.29 is 19.5 Å². The molecule has 1 N–H and O–H groups in total. The predicted molar refractivity (Wildman–Crippen MR) is 81.2 cm³/mol. The van der Waals surface area contributed by atoms with Crippen molar-refractivity contribution in [2.45, 2.75) is 57.9 Å². The molecule has 1 aliphatic heterocycles. The molecule has 0 bridgehead atoms. The van der Waals surface area contributed by atoms with Crippen molar-refractivity contribution in [3.05, 3.63) is 0 Å². The molecule has 0 aromatic heterocycles. The van der Waals surface area contributed by atoms with Gasteiger partial charge in [0, 0.05) is 32.5 Å². The minimum atomic E-state index is -0.989. The van der Waals surface area contributed by atoms with Crippen LogP contribution in [-0.4, -0.2) is 58.4 Å².